The Hall–Kier alpha value is -1.11. The average molecular weight is 260 g/mol. The molecule has 0 bridgehead atoms. The van der Waals surface area contributed by atoms with Crippen molar-refractivity contribution < 1.29 is 24.1 Å². The maximum absolute atomic E-state index is 13.5. The molecule has 94 valence electrons. The molecule has 0 aliphatic heterocycles. The van der Waals surface area contributed by atoms with E-state index in [9.17, 15) is 19.4 Å². The number of aliphatic hydroxyl groups is 2. The first-order valence-corrected chi connectivity index (χ1v) is 5.49. The molecule has 1 aromatic rings. The molecule has 0 aromatic heterocycles. The highest BCUT2D eigenvalue weighted by Gasteiger charge is 2.20. The van der Waals surface area contributed by atoms with Gasteiger partial charge in [0.2, 0.25) is 0 Å². The third kappa shape index (κ3) is 3.18. The fourth-order valence-corrected chi connectivity index (χ4v) is 1.51. The number of esters is 1. The lowest BCUT2D eigenvalue weighted by Crippen LogP contribution is -2.20. The van der Waals surface area contributed by atoms with Gasteiger partial charge in [-0.2, -0.15) is 12.6 Å². The molecule has 4 nitrogen and oxygen atoms in total. The van der Waals surface area contributed by atoms with E-state index in [2.05, 4.69) is 17.4 Å². The number of benzene rings is 1. The molecule has 0 fully saturated rings. The summed E-state index contributed by atoms with van der Waals surface area (Å²) in [6.07, 6.45) is -2.34. The Bertz CT molecular complexity index is 410. The van der Waals surface area contributed by atoms with E-state index < -0.39 is 24.0 Å². The molecule has 2 unspecified atom stereocenters. The standard InChI is InChI=1S/C11H13FO4S/c1-16-11(15)7-3-2-6(4-8(7)12)10(14)9(13)5-17/h2-4,9-10,13-14,17H,5H2,1H3. The first kappa shape index (κ1) is 14.0. The van der Waals surface area contributed by atoms with Crippen LogP contribution in [0, 0.1) is 5.82 Å². The maximum Gasteiger partial charge on any atom is 0.340 e. The van der Waals surface area contributed by atoms with Crippen LogP contribution in [0.4, 0.5) is 4.39 Å². The zero-order valence-electron chi connectivity index (χ0n) is 9.13. The molecular formula is C11H13FO4S. The first-order chi connectivity index (χ1) is 8.01. The largest absolute Gasteiger partial charge is 0.465 e. The van der Waals surface area contributed by atoms with Crippen molar-refractivity contribution in [2.75, 3.05) is 12.9 Å². The van der Waals surface area contributed by atoms with E-state index in [1.165, 1.54) is 12.1 Å². The Balaban J connectivity index is 3.00. The topological polar surface area (TPSA) is 66.8 Å². The number of hydrogen-bond acceptors (Lipinski definition) is 5. The second kappa shape index (κ2) is 6.00. The lowest BCUT2D eigenvalue weighted by Gasteiger charge is -2.16. The summed E-state index contributed by atoms with van der Waals surface area (Å²) in [7, 11) is 1.15. The van der Waals surface area contributed by atoms with Crippen LogP contribution in [0.15, 0.2) is 18.2 Å². The number of ether oxygens (including phenoxy) is 1. The molecule has 0 radical (unpaired) electrons. The minimum atomic E-state index is -1.24. The van der Waals surface area contributed by atoms with Gasteiger partial charge < -0.3 is 14.9 Å². The van der Waals surface area contributed by atoms with Gasteiger partial charge in [0.1, 0.15) is 11.9 Å². The summed E-state index contributed by atoms with van der Waals surface area (Å²) in [5.41, 5.74) is -0.0412. The molecular weight excluding hydrogens is 247 g/mol. The molecule has 1 rings (SSSR count). The number of hydrogen-bond donors (Lipinski definition) is 3. The zero-order valence-corrected chi connectivity index (χ0v) is 10.0. The van der Waals surface area contributed by atoms with Crippen LogP contribution in [0.3, 0.4) is 0 Å². The summed E-state index contributed by atoms with van der Waals surface area (Å²) in [6, 6.07) is 3.54. The van der Waals surface area contributed by atoms with Crippen molar-refractivity contribution in [2.24, 2.45) is 0 Å². The number of carbonyl (C=O) groups excluding carboxylic acids is 1. The minimum Gasteiger partial charge on any atom is -0.465 e. The smallest absolute Gasteiger partial charge is 0.340 e. The summed E-state index contributed by atoms with van der Waals surface area (Å²) >= 11 is 3.82. The van der Waals surface area contributed by atoms with Crippen molar-refractivity contribution in [3.8, 4) is 0 Å². The van der Waals surface area contributed by atoms with Crippen LogP contribution in [0.2, 0.25) is 0 Å². The monoisotopic (exact) mass is 260 g/mol. The van der Waals surface area contributed by atoms with Gasteiger partial charge in [-0.05, 0) is 17.7 Å². The highest BCUT2D eigenvalue weighted by atomic mass is 32.1. The molecule has 0 amide bonds. The van der Waals surface area contributed by atoms with Crippen LogP contribution in [0.1, 0.15) is 22.0 Å². The second-order valence-electron chi connectivity index (χ2n) is 3.43. The molecule has 0 spiro atoms. The van der Waals surface area contributed by atoms with Crippen molar-refractivity contribution >= 4 is 18.6 Å². The van der Waals surface area contributed by atoms with Gasteiger partial charge in [0, 0.05) is 5.75 Å². The van der Waals surface area contributed by atoms with Gasteiger partial charge in [0.25, 0.3) is 0 Å². The molecule has 0 aliphatic rings. The quantitative estimate of drug-likeness (QED) is 0.556. The summed E-state index contributed by atoms with van der Waals surface area (Å²) in [4.78, 5) is 11.1. The molecule has 2 atom stereocenters. The Labute approximate surface area is 103 Å². The van der Waals surface area contributed by atoms with Crippen molar-refractivity contribution in [2.45, 2.75) is 12.2 Å². The lowest BCUT2D eigenvalue weighted by atomic mass is 10.0. The molecule has 17 heavy (non-hydrogen) atoms. The van der Waals surface area contributed by atoms with Gasteiger partial charge in [-0.3, -0.25) is 0 Å². The molecule has 1 aromatic carbocycles. The highest BCUT2D eigenvalue weighted by molar-refractivity contribution is 7.80. The SMILES string of the molecule is COC(=O)c1ccc(C(O)C(O)CS)cc1F. The number of rotatable bonds is 4. The normalized spacial score (nSPS) is 14.2. The fraction of sp³-hybridized carbons (Fsp3) is 0.364. The molecule has 2 N–H and O–H groups in total. The Morgan fingerprint density at radius 3 is 2.65 bits per heavy atom. The van der Waals surface area contributed by atoms with E-state index in [0.717, 1.165) is 13.2 Å². The first-order valence-electron chi connectivity index (χ1n) is 4.86. The van der Waals surface area contributed by atoms with E-state index in [-0.39, 0.29) is 16.9 Å². The third-order valence-electron chi connectivity index (χ3n) is 2.29. The van der Waals surface area contributed by atoms with Crippen molar-refractivity contribution in [1.82, 2.24) is 0 Å². The van der Waals surface area contributed by atoms with Gasteiger partial charge in [-0.15, -0.1) is 0 Å². The lowest BCUT2D eigenvalue weighted by molar-refractivity contribution is 0.0335. The van der Waals surface area contributed by atoms with Crippen LogP contribution in [-0.4, -0.2) is 35.1 Å². The molecule has 6 heteroatoms. The fourth-order valence-electron chi connectivity index (χ4n) is 1.31. The maximum atomic E-state index is 13.5. The van der Waals surface area contributed by atoms with E-state index in [1.807, 2.05) is 0 Å². The van der Waals surface area contributed by atoms with Crippen LogP contribution in [0.25, 0.3) is 0 Å². The predicted octanol–water partition coefficient (Wildman–Crippen LogP) is 0.936. The summed E-state index contributed by atoms with van der Waals surface area (Å²) in [6.45, 7) is 0. The second-order valence-corrected chi connectivity index (χ2v) is 3.79. The van der Waals surface area contributed by atoms with Crippen LogP contribution in [0.5, 0.6) is 0 Å². The van der Waals surface area contributed by atoms with E-state index in [0.29, 0.717) is 0 Å². The van der Waals surface area contributed by atoms with E-state index >= 15 is 0 Å². The number of carbonyl (C=O) groups is 1. The van der Waals surface area contributed by atoms with Gasteiger partial charge >= 0.3 is 5.97 Å². The molecule has 0 heterocycles. The zero-order chi connectivity index (χ0) is 13.0. The van der Waals surface area contributed by atoms with Crippen LogP contribution >= 0.6 is 12.6 Å². The number of thiol groups is 1. The van der Waals surface area contributed by atoms with Crippen molar-refractivity contribution in [3.63, 3.8) is 0 Å². The minimum absolute atomic E-state index is 0.0432. The van der Waals surface area contributed by atoms with Crippen LogP contribution in [-0.2, 0) is 4.74 Å². The van der Waals surface area contributed by atoms with Gasteiger partial charge in [-0.25, -0.2) is 9.18 Å². The number of methoxy groups -OCH3 is 1. The van der Waals surface area contributed by atoms with Gasteiger partial charge in [0.15, 0.2) is 0 Å². The Morgan fingerprint density at radius 1 is 1.53 bits per heavy atom. The Kier molecular flexibility index (Phi) is 4.92. The van der Waals surface area contributed by atoms with E-state index in [1.54, 1.807) is 0 Å². The Morgan fingerprint density at radius 2 is 2.18 bits per heavy atom. The predicted molar refractivity (Wildman–Crippen MR) is 62.6 cm³/mol. The summed E-state index contributed by atoms with van der Waals surface area (Å²) in [5, 5.41) is 19.0. The molecule has 0 saturated carbocycles. The highest BCUT2D eigenvalue weighted by Crippen LogP contribution is 2.20. The molecule has 0 aliphatic carbocycles. The van der Waals surface area contributed by atoms with Crippen molar-refractivity contribution in [1.29, 1.82) is 0 Å². The molecule has 0 saturated heterocycles. The third-order valence-corrected chi connectivity index (χ3v) is 2.67. The number of halogens is 1. The summed E-state index contributed by atoms with van der Waals surface area (Å²) < 4.78 is 17.9. The van der Waals surface area contributed by atoms with Crippen molar-refractivity contribution in [3.05, 3.63) is 35.1 Å². The average Bonchev–Trinajstić information content (AvgIpc) is 2.35. The van der Waals surface area contributed by atoms with Gasteiger partial charge in [-0.1, -0.05) is 6.07 Å². The number of aliphatic hydroxyl groups excluding tert-OH is 2. The summed E-state index contributed by atoms with van der Waals surface area (Å²) in [5.74, 6) is -1.56. The van der Waals surface area contributed by atoms with Gasteiger partial charge in [0.05, 0.1) is 18.8 Å². The van der Waals surface area contributed by atoms with E-state index in [4.69, 9.17) is 0 Å². The van der Waals surface area contributed by atoms with Crippen LogP contribution < -0.4 is 0 Å².